The maximum Gasteiger partial charge on any atom is 0.251 e. The lowest BCUT2D eigenvalue weighted by molar-refractivity contribution is 0.0966. The molecule has 2 aliphatic heterocycles. The van der Waals surface area contributed by atoms with E-state index in [1.165, 1.54) is 11.1 Å². The van der Waals surface area contributed by atoms with Crippen molar-refractivity contribution in [2.24, 2.45) is 0 Å². The first kappa shape index (κ1) is 17.9. The lowest BCUT2D eigenvalue weighted by atomic mass is 10.0. The molecule has 2 aromatic carbocycles. The molecule has 0 fully saturated rings. The van der Waals surface area contributed by atoms with Gasteiger partial charge >= 0.3 is 0 Å². The van der Waals surface area contributed by atoms with Crippen LogP contribution in [0.3, 0.4) is 0 Å². The van der Waals surface area contributed by atoms with Crippen LogP contribution in [0.5, 0.6) is 0 Å². The molecule has 0 radical (unpaired) electrons. The van der Waals surface area contributed by atoms with Crippen molar-refractivity contribution >= 4 is 40.6 Å². The van der Waals surface area contributed by atoms with Crippen molar-refractivity contribution < 1.29 is 4.79 Å². The Morgan fingerprint density at radius 2 is 1.79 bits per heavy atom. The molecule has 3 aromatic rings. The second-order valence-corrected chi connectivity index (χ2v) is 7.51. The van der Waals surface area contributed by atoms with E-state index in [1.54, 1.807) is 12.3 Å². The fourth-order valence-corrected chi connectivity index (χ4v) is 3.76. The fraction of sp³-hybridized carbons (Fsp3) is 0.190. The van der Waals surface area contributed by atoms with Gasteiger partial charge in [-0.15, -0.1) is 0 Å². The topological polar surface area (TPSA) is 91.0 Å². The zero-order valence-electron chi connectivity index (χ0n) is 15.6. The number of fused-ring (bicyclic) bond motifs is 2. The van der Waals surface area contributed by atoms with Crippen LogP contribution in [0.2, 0.25) is 5.02 Å². The van der Waals surface area contributed by atoms with E-state index in [4.69, 9.17) is 11.6 Å². The predicted molar refractivity (Wildman–Crippen MR) is 113 cm³/mol. The van der Waals surface area contributed by atoms with Crippen LogP contribution >= 0.6 is 11.6 Å². The number of carbonyl (C=O) groups excluding carboxylic acids is 1. The Balaban J connectivity index is 1.38. The highest BCUT2D eigenvalue weighted by Gasteiger charge is 2.19. The maximum absolute atomic E-state index is 11.9. The summed E-state index contributed by atoms with van der Waals surface area (Å²) in [5, 5.41) is 13.0. The van der Waals surface area contributed by atoms with Crippen molar-refractivity contribution in [3.63, 3.8) is 0 Å². The highest BCUT2D eigenvalue weighted by atomic mass is 35.5. The second-order valence-electron chi connectivity index (χ2n) is 7.11. The molecule has 0 saturated heterocycles. The number of hydrogen-bond donors (Lipinski definition) is 4. The second kappa shape index (κ2) is 7.35. The Morgan fingerprint density at radius 1 is 0.966 bits per heavy atom. The van der Waals surface area contributed by atoms with Crippen LogP contribution in [0.15, 0.2) is 42.6 Å². The van der Waals surface area contributed by atoms with Crippen LogP contribution in [0, 0.1) is 0 Å². The summed E-state index contributed by atoms with van der Waals surface area (Å²) in [6, 6.07) is 11.9. The van der Waals surface area contributed by atoms with Crippen LogP contribution in [-0.4, -0.2) is 22.4 Å². The Morgan fingerprint density at radius 3 is 2.69 bits per heavy atom. The maximum atomic E-state index is 11.9. The third-order valence-corrected chi connectivity index (χ3v) is 5.43. The smallest absolute Gasteiger partial charge is 0.251 e. The minimum atomic E-state index is -0.0672. The van der Waals surface area contributed by atoms with Crippen LogP contribution in [-0.2, 0) is 19.5 Å². The molecule has 7 nitrogen and oxygen atoms in total. The van der Waals surface area contributed by atoms with Crippen molar-refractivity contribution in [3.05, 3.63) is 69.9 Å². The molecule has 1 aromatic heterocycles. The first-order chi connectivity index (χ1) is 14.2. The molecule has 0 bridgehead atoms. The van der Waals surface area contributed by atoms with Crippen LogP contribution in [0.4, 0.5) is 23.1 Å². The number of halogens is 1. The van der Waals surface area contributed by atoms with E-state index in [9.17, 15) is 4.79 Å². The van der Waals surface area contributed by atoms with Gasteiger partial charge in [0.15, 0.2) is 5.82 Å². The molecule has 0 atom stereocenters. The monoisotopic (exact) mass is 406 g/mol. The summed E-state index contributed by atoms with van der Waals surface area (Å²) in [6.07, 6.45) is 2.56. The molecule has 0 aliphatic carbocycles. The zero-order chi connectivity index (χ0) is 19.8. The number of nitrogens with one attached hydrogen (secondary N) is 4. The third kappa shape index (κ3) is 3.62. The largest absolute Gasteiger partial charge is 0.348 e. The van der Waals surface area contributed by atoms with Gasteiger partial charge in [0.1, 0.15) is 5.02 Å². The predicted octanol–water partition coefficient (Wildman–Crippen LogP) is 3.51. The lowest BCUT2D eigenvalue weighted by Crippen LogP contribution is -2.23. The summed E-state index contributed by atoms with van der Waals surface area (Å²) in [4.78, 5) is 20.7. The van der Waals surface area contributed by atoms with Gasteiger partial charge in [-0.25, -0.2) is 4.98 Å². The average Bonchev–Trinajstić information content (AvgIpc) is 3.11. The van der Waals surface area contributed by atoms with Gasteiger partial charge in [0.05, 0.1) is 6.20 Å². The van der Waals surface area contributed by atoms with Gasteiger partial charge in [0.2, 0.25) is 5.95 Å². The van der Waals surface area contributed by atoms with E-state index in [-0.39, 0.29) is 5.91 Å². The molecular formula is C21H19ClN6O. The van der Waals surface area contributed by atoms with E-state index >= 15 is 0 Å². The van der Waals surface area contributed by atoms with Gasteiger partial charge < -0.3 is 21.3 Å². The molecule has 29 heavy (non-hydrogen) atoms. The molecule has 4 N–H and O–H groups in total. The Kier molecular flexibility index (Phi) is 4.54. The van der Waals surface area contributed by atoms with Crippen LogP contribution in [0.25, 0.3) is 0 Å². The minimum absolute atomic E-state index is 0.0672. The molecule has 1 amide bonds. The molecule has 0 spiro atoms. The number of hydrogen-bond acceptors (Lipinski definition) is 6. The molecule has 2 aliphatic rings. The Labute approximate surface area is 172 Å². The zero-order valence-corrected chi connectivity index (χ0v) is 16.3. The van der Waals surface area contributed by atoms with Crippen molar-refractivity contribution in [1.82, 2.24) is 20.6 Å². The SMILES string of the molecule is O=C1NCc2ccc(Nc3nc(Nc4ccc5c(c4)CCNC5)ncc3Cl)cc21. The molecule has 5 rings (SSSR count). The summed E-state index contributed by atoms with van der Waals surface area (Å²) in [7, 11) is 0. The average molecular weight is 407 g/mol. The summed E-state index contributed by atoms with van der Waals surface area (Å²) in [6.45, 7) is 2.45. The van der Waals surface area contributed by atoms with Crippen molar-refractivity contribution in [1.29, 1.82) is 0 Å². The number of benzene rings is 2. The number of carbonyl (C=O) groups is 1. The highest BCUT2D eigenvalue weighted by Crippen LogP contribution is 2.28. The van der Waals surface area contributed by atoms with Gasteiger partial charge in [-0.1, -0.05) is 23.7 Å². The standard InChI is InChI=1S/C21H19ClN6O/c22-18-11-25-21(27-15-3-1-13-9-23-6-5-12(13)7-15)28-19(18)26-16-4-2-14-10-24-20(29)17(14)8-16/h1-4,7-8,11,23H,5-6,9-10H2,(H,24,29)(H2,25,26,27,28). The molecule has 0 unspecified atom stereocenters. The number of anilines is 4. The number of nitrogens with zero attached hydrogens (tertiary/aromatic N) is 2. The molecule has 8 heteroatoms. The first-order valence-corrected chi connectivity index (χ1v) is 9.84. The fourth-order valence-electron chi connectivity index (χ4n) is 3.63. The van der Waals surface area contributed by atoms with Gasteiger partial charge in [-0.05, 0) is 53.9 Å². The molecule has 3 heterocycles. The number of rotatable bonds is 4. The van der Waals surface area contributed by atoms with Gasteiger partial charge in [0.25, 0.3) is 5.91 Å². The Hall–Kier alpha value is -3.16. The van der Waals surface area contributed by atoms with E-state index in [0.717, 1.165) is 36.4 Å². The highest BCUT2D eigenvalue weighted by molar-refractivity contribution is 6.32. The first-order valence-electron chi connectivity index (χ1n) is 9.46. The number of aromatic nitrogens is 2. The molecule has 146 valence electrons. The quantitative estimate of drug-likeness (QED) is 0.530. The van der Waals surface area contributed by atoms with Crippen LogP contribution in [0.1, 0.15) is 27.0 Å². The van der Waals surface area contributed by atoms with Crippen molar-refractivity contribution in [2.45, 2.75) is 19.5 Å². The molecular weight excluding hydrogens is 388 g/mol. The Bertz CT molecular complexity index is 1120. The minimum Gasteiger partial charge on any atom is -0.348 e. The van der Waals surface area contributed by atoms with Crippen molar-refractivity contribution in [2.75, 3.05) is 17.2 Å². The summed E-state index contributed by atoms with van der Waals surface area (Å²) >= 11 is 6.29. The lowest BCUT2D eigenvalue weighted by Gasteiger charge is -2.18. The summed E-state index contributed by atoms with van der Waals surface area (Å²) < 4.78 is 0. The van der Waals surface area contributed by atoms with Crippen molar-refractivity contribution in [3.8, 4) is 0 Å². The van der Waals surface area contributed by atoms with E-state index in [1.807, 2.05) is 18.2 Å². The van der Waals surface area contributed by atoms with Crippen LogP contribution < -0.4 is 21.3 Å². The normalized spacial score (nSPS) is 14.7. The van der Waals surface area contributed by atoms with Gasteiger partial charge in [-0.3, -0.25) is 4.79 Å². The van der Waals surface area contributed by atoms with Gasteiger partial charge in [0, 0.05) is 30.0 Å². The van der Waals surface area contributed by atoms with E-state index in [0.29, 0.717) is 28.9 Å². The summed E-state index contributed by atoms with van der Waals surface area (Å²) in [5.74, 6) is 0.858. The summed E-state index contributed by atoms with van der Waals surface area (Å²) in [5.41, 5.74) is 5.99. The molecule has 0 saturated carbocycles. The number of amides is 1. The van der Waals surface area contributed by atoms with E-state index in [2.05, 4.69) is 43.4 Å². The van der Waals surface area contributed by atoms with Gasteiger partial charge in [-0.2, -0.15) is 4.98 Å². The van der Waals surface area contributed by atoms with E-state index < -0.39 is 0 Å². The third-order valence-electron chi connectivity index (χ3n) is 5.15.